The Labute approximate surface area is 393 Å². The highest BCUT2D eigenvalue weighted by Crippen LogP contribution is 2.49. The van der Waals surface area contributed by atoms with E-state index in [1.54, 1.807) is 0 Å². The molecule has 5 aliphatic heterocycles. The number of nitrogens with one attached hydrogen (secondary N) is 8. The van der Waals surface area contributed by atoms with E-state index >= 15 is 0 Å². The van der Waals surface area contributed by atoms with Gasteiger partial charge in [0.2, 0.25) is 0 Å². The molecule has 0 amide bonds. The number of rotatable bonds is 7. The molecule has 0 aromatic carbocycles. The van der Waals surface area contributed by atoms with Crippen molar-refractivity contribution in [2.24, 2.45) is 47.3 Å². The summed E-state index contributed by atoms with van der Waals surface area (Å²) in [4.78, 5) is 0. The lowest BCUT2D eigenvalue weighted by molar-refractivity contribution is 0.166. The van der Waals surface area contributed by atoms with Crippen molar-refractivity contribution in [2.45, 2.75) is 144 Å². The van der Waals surface area contributed by atoms with E-state index in [9.17, 15) is 90.8 Å². The first-order valence-corrected chi connectivity index (χ1v) is 32.4. The molecule has 68 heavy (non-hydrogen) atoms. The van der Waals surface area contributed by atoms with Gasteiger partial charge in [0.05, 0.1) is 54.6 Å². The highest BCUT2D eigenvalue weighted by atomic mass is 32.3. The molecule has 4 aliphatic carbocycles. The molecule has 5 saturated heterocycles. The summed E-state index contributed by atoms with van der Waals surface area (Å²) in [5, 5.41) is 13.2. The van der Waals surface area contributed by atoms with Crippen LogP contribution in [0, 0.1) is 47.3 Å². The fourth-order valence-electron chi connectivity index (χ4n) is 13.9. The fraction of sp³-hybridized carbons (Fsp3) is 1.00. The van der Waals surface area contributed by atoms with Crippen molar-refractivity contribution in [3.63, 3.8) is 0 Å². The smallest absolute Gasteiger partial charge is 0.269 e. The van der Waals surface area contributed by atoms with Gasteiger partial charge in [0.15, 0.2) is 0 Å². The van der Waals surface area contributed by atoms with Gasteiger partial charge in [0.25, 0.3) is 70.8 Å². The Morgan fingerprint density at radius 1 is 0.235 bits per heavy atom. The molecule has 9 rings (SSSR count). The molecule has 0 radical (unpaired) electrons. The Bertz CT molecular complexity index is 2800. The Balaban J connectivity index is 1.16. The van der Waals surface area contributed by atoms with Crippen LogP contribution in [0.3, 0.4) is 0 Å². The summed E-state index contributed by atoms with van der Waals surface area (Å²) in [6, 6.07) is 0. The Hall–Kier alpha value is -0.950. The molecule has 5 heterocycles. The van der Waals surface area contributed by atoms with Crippen molar-refractivity contribution >= 4 is 70.8 Å². The summed E-state index contributed by atoms with van der Waals surface area (Å²) >= 11 is 0. The second-order valence-electron chi connectivity index (χ2n) is 20.2. The lowest BCUT2D eigenvalue weighted by Crippen LogP contribution is -2.61. The summed E-state index contributed by atoms with van der Waals surface area (Å²) in [6.45, 7) is 0. The molecule has 392 valence electrons. The standard InChI is InChI=1S/C32H56N8O21S7/c41-62(42,43)10-1-2-11-12(3-10)26-33-25(11)34-27-13-4-19(63(44,45)46)20(64(47,48)49)5-14(13)29(36-27)38-31-17-8-23(67(56,57)58)24(68(59,60)61)9-18(17)32(40-31)39-30-16-7-22(66(53,54)55)21(65(50,51)52)6-15(16)28(35-26)37-30/h10-40H,1-9H2,(H,41,42,43)(H,44,45,46)(H,47,48,49)(H,50,51,52)(H,53,54,55)(H,56,57,58)(H,59,60,61). The maximum atomic E-state index is 12.8. The Morgan fingerprint density at radius 2 is 0.412 bits per heavy atom. The van der Waals surface area contributed by atoms with Crippen molar-refractivity contribution in [3.8, 4) is 0 Å². The largest absolute Gasteiger partial charge is 0.286 e. The number of hydrogen-bond donors (Lipinski definition) is 15. The predicted molar refractivity (Wildman–Crippen MR) is 232 cm³/mol. The quantitative estimate of drug-likeness (QED) is 0.106. The van der Waals surface area contributed by atoms with Crippen LogP contribution in [0.2, 0.25) is 0 Å². The molecule has 23 atom stereocenters. The van der Waals surface area contributed by atoms with Gasteiger partial charge >= 0.3 is 0 Å². The van der Waals surface area contributed by atoms with Crippen molar-refractivity contribution in [2.75, 3.05) is 0 Å². The molecule has 0 aromatic heterocycles. The first kappa shape index (κ1) is 51.9. The van der Waals surface area contributed by atoms with E-state index in [0.717, 1.165) is 0 Å². The molecule has 36 heteroatoms. The molecule has 9 aliphatic rings. The molecule has 9 fully saturated rings. The molecular formula is C32H56N8O21S7. The summed E-state index contributed by atoms with van der Waals surface area (Å²) in [7, 11) is -35.6. The van der Waals surface area contributed by atoms with Gasteiger partial charge < -0.3 is 0 Å². The lowest BCUT2D eigenvalue weighted by atomic mass is 9.76. The van der Waals surface area contributed by atoms with E-state index < -0.39 is 243 Å². The summed E-state index contributed by atoms with van der Waals surface area (Å²) in [6.07, 6.45) is -11.4. The molecule has 23 unspecified atom stereocenters. The summed E-state index contributed by atoms with van der Waals surface area (Å²) < 4.78 is 251. The van der Waals surface area contributed by atoms with Gasteiger partial charge in [-0.3, -0.25) is 74.4 Å². The van der Waals surface area contributed by atoms with Gasteiger partial charge in [0, 0.05) is 0 Å². The summed E-state index contributed by atoms with van der Waals surface area (Å²) in [5.41, 5.74) is 0. The van der Waals surface area contributed by atoms with Crippen molar-refractivity contribution in [3.05, 3.63) is 0 Å². The zero-order valence-electron chi connectivity index (χ0n) is 35.3. The minimum absolute atomic E-state index is 0.00744. The Kier molecular flexibility index (Phi) is 13.2. The van der Waals surface area contributed by atoms with Gasteiger partial charge in [0.1, 0.15) is 31.5 Å². The van der Waals surface area contributed by atoms with Crippen molar-refractivity contribution < 1.29 is 90.8 Å². The zero-order chi connectivity index (χ0) is 49.8. The van der Waals surface area contributed by atoms with Crippen LogP contribution in [0.15, 0.2) is 0 Å². The minimum atomic E-state index is -5.20. The van der Waals surface area contributed by atoms with Crippen LogP contribution in [0.5, 0.6) is 0 Å². The number of fused-ring (bicyclic) bond motifs is 20. The monoisotopic (exact) mass is 1110 g/mol. The van der Waals surface area contributed by atoms with E-state index in [2.05, 4.69) is 42.5 Å². The first-order valence-electron chi connectivity index (χ1n) is 21.9. The third-order valence-electron chi connectivity index (χ3n) is 16.8. The van der Waals surface area contributed by atoms with E-state index in [1.807, 2.05) is 0 Å². The van der Waals surface area contributed by atoms with E-state index in [-0.39, 0.29) is 19.3 Å². The van der Waals surface area contributed by atoms with Crippen LogP contribution in [0.4, 0.5) is 0 Å². The second-order valence-corrected chi connectivity index (χ2v) is 31.7. The maximum absolute atomic E-state index is 12.8. The highest BCUT2D eigenvalue weighted by Gasteiger charge is 2.62. The van der Waals surface area contributed by atoms with Crippen molar-refractivity contribution in [1.29, 1.82) is 0 Å². The summed E-state index contributed by atoms with van der Waals surface area (Å²) in [5.74, 6) is -6.63. The average molecular weight is 1110 g/mol. The molecule has 4 saturated carbocycles. The molecule has 15 N–H and O–H groups in total. The molecule has 0 aromatic rings. The van der Waals surface area contributed by atoms with Gasteiger partial charge in [-0.15, -0.1) is 0 Å². The van der Waals surface area contributed by atoms with Crippen molar-refractivity contribution in [1.82, 2.24) is 42.5 Å². The average Bonchev–Trinajstić information content (AvgIpc) is 3.92. The third-order valence-corrected chi connectivity index (χ3v) is 26.3. The van der Waals surface area contributed by atoms with Crippen LogP contribution >= 0.6 is 0 Å². The lowest BCUT2D eigenvalue weighted by Gasteiger charge is -2.41. The minimum Gasteiger partial charge on any atom is -0.286 e. The third kappa shape index (κ3) is 9.68. The van der Waals surface area contributed by atoms with Gasteiger partial charge in [-0.25, -0.2) is 0 Å². The molecular weight excluding hydrogens is 1060 g/mol. The SMILES string of the molecule is O=S(=O)(O)C1CCC2C3NC(NC4NC(NC5NC(NC6NC(N3)C3CC(S(=O)(=O)O)C(S(=O)(=O)O)CC63)C3CC(S(=O)(=O)O)C(S(=O)(=O)O)CC53)C3CC(S(=O)(=O)O)C(S(=O)(=O)O)CC43)C2C1. The van der Waals surface area contributed by atoms with Crippen LogP contribution in [0.1, 0.15) is 57.8 Å². The number of hydrogen-bond acceptors (Lipinski definition) is 22. The van der Waals surface area contributed by atoms with Gasteiger partial charge in [-0.1, -0.05) is 0 Å². The Morgan fingerprint density at radius 3 is 0.588 bits per heavy atom. The first-order chi connectivity index (χ1) is 31.1. The predicted octanol–water partition coefficient (Wildman–Crippen LogP) is -5.33. The van der Waals surface area contributed by atoms with Crippen LogP contribution in [-0.4, -0.2) is 177 Å². The maximum Gasteiger partial charge on any atom is 0.269 e. The molecule has 0 spiro atoms. The van der Waals surface area contributed by atoms with E-state index in [4.69, 9.17) is 0 Å². The second kappa shape index (κ2) is 17.3. The van der Waals surface area contributed by atoms with E-state index in [0.29, 0.717) is 0 Å². The van der Waals surface area contributed by atoms with Gasteiger partial charge in [-0.2, -0.15) is 58.9 Å². The van der Waals surface area contributed by atoms with Crippen LogP contribution < -0.4 is 42.5 Å². The van der Waals surface area contributed by atoms with Crippen LogP contribution in [0.25, 0.3) is 0 Å². The van der Waals surface area contributed by atoms with Crippen LogP contribution in [-0.2, 0) is 70.8 Å². The topological polar surface area (TPSA) is 477 Å². The molecule has 29 nitrogen and oxygen atoms in total. The zero-order valence-corrected chi connectivity index (χ0v) is 41.1. The molecule has 8 bridgehead atoms. The van der Waals surface area contributed by atoms with E-state index in [1.165, 1.54) is 0 Å². The fourth-order valence-corrected chi connectivity index (χ4v) is 23.1. The van der Waals surface area contributed by atoms with Gasteiger partial charge in [-0.05, 0) is 105 Å². The normalized spacial score (nSPS) is 48.2. The highest BCUT2D eigenvalue weighted by molar-refractivity contribution is 7.91.